The van der Waals surface area contributed by atoms with E-state index >= 15 is 0 Å². The van der Waals surface area contributed by atoms with Gasteiger partial charge in [0.15, 0.2) is 0 Å². The van der Waals surface area contributed by atoms with E-state index in [4.69, 9.17) is 15.3 Å². The van der Waals surface area contributed by atoms with Gasteiger partial charge in [0.1, 0.15) is 0 Å². The van der Waals surface area contributed by atoms with Gasteiger partial charge in [-0.3, -0.25) is 5.84 Å². The summed E-state index contributed by atoms with van der Waals surface area (Å²) < 4.78 is 10.6. The summed E-state index contributed by atoms with van der Waals surface area (Å²) in [4.78, 5) is 0. The molecule has 0 aliphatic rings. The molecule has 0 atom stereocenters. The zero-order valence-corrected chi connectivity index (χ0v) is 7.76. The van der Waals surface area contributed by atoms with Crippen molar-refractivity contribution in [3.05, 3.63) is 0 Å². The molecule has 0 saturated heterocycles. The molecule has 68 valence electrons. The van der Waals surface area contributed by atoms with E-state index in [9.17, 15) is 0 Å². The zero-order valence-electron chi connectivity index (χ0n) is 7.76. The number of hydrazine groups is 1. The van der Waals surface area contributed by atoms with E-state index in [2.05, 4.69) is 0 Å². The molecule has 0 amide bonds. The monoisotopic (exact) mass is 162 g/mol. The molecule has 11 heavy (non-hydrogen) atoms. The lowest BCUT2D eigenvalue weighted by Crippen LogP contribution is -2.52. The Morgan fingerprint density at radius 3 is 1.82 bits per heavy atom. The molecule has 2 N–H and O–H groups in total. The Labute approximate surface area is 68.2 Å². The summed E-state index contributed by atoms with van der Waals surface area (Å²) >= 11 is 0. The maximum atomic E-state index is 5.53. The highest BCUT2D eigenvalue weighted by Gasteiger charge is 2.28. The fraction of sp³-hybridized carbons (Fsp3) is 1.00. The van der Waals surface area contributed by atoms with Gasteiger partial charge in [-0.2, -0.15) is 5.01 Å². The van der Waals surface area contributed by atoms with Gasteiger partial charge in [0, 0.05) is 27.2 Å². The van der Waals surface area contributed by atoms with Gasteiger partial charge < -0.3 is 9.47 Å². The number of ether oxygens (including phenoxy) is 2. The van der Waals surface area contributed by atoms with Gasteiger partial charge in [-0.1, -0.05) is 0 Å². The van der Waals surface area contributed by atoms with Crippen molar-refractivity contribution in [2.45, 2.75) is 26.7 Å². The second kappa shape index (κ2) is 4.66. The SMILES string of the molecule is CCOC(C)(OCC)N(C)N. The molecule has 0 aliphatic heterocycles. The third-order valence-corrected chi connectivity index (χ3v) is 1.46. The first-order chi connectivity index (χ1) is 5.06. The van der Waals surface area contributed by atoms with Gasteiger partial charge in [-0.05, 0) is 13.8 Å². The molecule has 0 heterocycles. The molecule has 0 saturated carbocycles. The minimum atomic E-state index is -0.788. The zero-order chi connectivity index (χ0) is 8.91. The van der Waals surface area contributed by atoms with Crippen molar-refractivity contribution < 1.29 is 9.47 Å². The van der Waals surface area contributed by atoms with Gasteiger partial charge >= 0.3 is 0 Å². The van der Waals surface area contributed by atoms with Crippen LogP contribution in [-0.2, 0) is 9.47 Å². The van der Waals surface area contributed by atoms with E-state index in [1.807, 2.05) is 13.8 Å². The van der Waals surface area contributed by atoms with Gasteiger partial charge in [-0.25, -0.2) is 0 Å². The fourth-order valence-electron chi connectivity index (χ4n) is 0.781. The number of hydrogen-bond acceptors (Lipinski definition) is 4. The fourth-order valence-corrected chi connectivity index (χ4v) is 0.781. The molecule has 0 unspecified atom stereocenters. The Morgan fingerprint density at radius 2 is 1.64 bits per heavy atom. The molecular weight excluding hydrogens is 144 g/mol. The minimum absolute atomic E-state index is 0.581. The van der Waals surface area contributed by atoms with E-state index in [0.29, 0.717) is 13.2 Å². The quantitative estimate of drug-likeness (QED) is 0.364. The second-order valence-electron chi connectivity index (χ2n) is 2.37. The molecule has 4 heteroatoms. The first kappa shape index (κ1) is 10.8. The Hall–Kier alpha value is -0.160. The summed E-state index contributed by atoms with van der Waals surface area (Å²) in [5.74, 6) is 4.74. The highest BCUT2D eigenvalue weighted by Crippen LogP contribution is 2.12. The average molecular weight is 162 g/mol. The van der Waals surface area contributed by atoms with Crippen LogP contribution in [0.2, 0.25) is 0 Å². The van der Waals surface area contributed by atoms with Crippen LogP contribution in [0.1, 0.15) is 20.8 Å². The Morgan fingerprint density at radius 1 is 1.27 bits per heavy atom. The van der Waals surface area contributed by atoms with Crippen molar-refractivity contribution in [2.75, 3.05) is 20.3 Å². The molecule has 0 aromatic rings. The highest BCUT2D eigenvalue weighted by molar-refractivity contribution is 4.55. The summed E-state index contributed by atoms with van der Waals surface area (Å²) in [5, 5.41) is 1.42. The van der Waals surface area contributed by atoms with Crippen molar-refractivity contribution in [2.24, 2.45) is 5.84 Å². The molecule has 0 aliphatic carbocycles. The maximum Gasteiger partial charge on any atom is 0.239 e. The molecule has 4 nitrogen and oxygen atoms in total. The van der Waals surface area contributed by atoms with Crippen molar-refractivity contribution >= 4 is 0 Å². The third-order valence-electron chi connectivity index (χ3n) is 1.46. The van der Waals surface area contributed by atoms with Gasteiger partial charge in [0.05, 0.1) is 0 Å². The van der Waals surface area contributed by atoms with Crippen LogP contribution in [0.5, 0.6) is 0 Å². The van der Waals surface area contributed by atoms with Crippen LogP contribution in [0.4, 0.5) is 0 Å². The first-order valence-electron chi connectivity index (χ1n) is 3.83. The standard InChI is InChI=1S/C7H18N2O2/c1-5-10-7(3,9(4)8)11-6-2/h5-6,8H2,1-4H3. The maximum absolute atomic E-state index is 5.53. The molecule has 0 rings (SSSR count). The van der Waals surface area contributed by atoms with Gasteiger partial charge in [0.2, 0.25) is 5.91 Å². The van der Waals surface area contributed by atoms with Crippen molar-refractivity contribution in [1.82, 2.24) is 5.01 Å². The van der Waals surface area contributed by atoms with E-state index in [1.165, 1.54) is 5.01 Å². The Bertz CT molecular complexity index is 101. The summed E-state index contributed by atoms with van der Waals surface area (Å²) in [7, 11) is 1.71. The smallest absolute Gasteiger partial charge is 0.239 e. The van der Waals surface area contributed by atoms with Crippen LogP contribution in [0.3, 0.4) is 0 Å². The summed E-state index contributed by atoms with van der Waals surface area (Å²) in [6.07, 6.45) is 0. The minimum Gasteiger partial charge on any atom is -0.337 e. The van der Waals surface area contributed by atoms with Crippen LogP contribution in [0, 0.1) is 0 Å². The summed E-state index contributed by atoms with van der Waals surface area (Å²) in [5.41, 5.74) is 0. The normalized spacial score (nSPS) is 12.5. The van der Waals surface area contributed by atoms with Crippen LogP contribution in [0.15, 0.2) is 0 Å². The number of nitrogens with zero attached hydrogens (tertiary/aromatic N) is 1. The molecule has 0 aromatic carbocycles. The van der Waals surface area contributed by atoms with Crippen LogP contribution < -0.4 is 5.84 Å². The van der Waals surface area contributed by atoms with Crippen LogP contribution in [0.25, 0.3) is 0 Å². The molecule has 0 spiro atoms. The highest BCUT2D eigenvalue weighted by atomic mass is 16.7. The third kappa shape index (κ3) is 3.16. The lowest BCUT2D eigenvalue weighted by atomic mass is 10.5. The van der Waals surface area contributed by atoms with Crippen molar-refractivity contribution in [3.63, 3.8) is 0 Å². The molecule has 0 fully saturated rings. The van der Waals surface area contributed by atoms with E-state index < -0.39 is 5.91 Å². The average Bonchev–Trinajstić information content (AvgIpc) is 1.88. The second-order valence-corrected chi connectivity index (χ2v) is 2.37. The Kier molecular flexibility index (Phi) is 4.60. The van der Waals surface area contributed by atoms with E-state index in [0.717, 1.165) is 0 Å². The van der Waals surface area contributed by atoms with Gasteiger partial charge in [0.25, 0.3) is 0 Å². The summed E-state index contributed by atoms with van der Waals surface area (Å²) in [6, 6.07) is 0. The number of hydrogen-bond donors (Lipinski definition) is 1. The van der Waals surface area contributed by atoms with Crippen molar-refractivity contribution in [3.8, 4) is 0 Å². The predicted molar refractivity (Wildman–Crippen MR) is 43.6 cm³/mol. The molecular formula is C7H18N2O2. The van der Waals surface area contributed by atoms with Crippen LogP contribution in [-0.4, -0.2) is 31.2 Å². The summed E-state index contributed by atoms with van der Waals surface area (Å²) in [6.45, 7) is 6.76. The molecule has 0 aromatic heterocycles. The van der Waals surface area contributed by atoms with Gasteiger partial charge in [-0.15, -0.1) is 0 Å². The topological polar surface area (TPSA) is 47.7 Å². The lowest BCUT2D eigenvalue weighted by Gasteiger charge is -2.34. The Balaban J connectivity index is 4.01. The van der Waals surface area contributed by atoms with E-state index in [1.54, 1.807) is 14.0 Å². The number of nitrogens with two attached hydrogens (primary N) is 1. The van der Waals surface area contributed by atoms with E-state index in [-0.39, 0.29) is 0 Å². The largest absolute Gasteiger partial charge is 0.337 e. The van der Waals surface area contributed by atoms with Crippen molar-refractivity contribution in [1.29, 1.82) is 0 Å². The number of rotatable bonds is 5. The van der Waals surface area contributed by atoms with Crippen LogP contribution >= 0.6 is 0 Å². The molecule has 0 bridgehead atoms. The first-order valence-corrected chi connectivity index (χ1v) is 3.83. The molecule has 0 radical (unpaired) electrons. The lowest BCUT2D eigenvalue weighted by molar-refractivity contribution is -0.299. The predicted octanol–water partition coefficient (Wildman–Crippen LogP) is 0.539.